The zero-order chi connectivity index (χ0) is 14.5. The average molecular weight is 283 g/mol. The molecule has 4 heteroatoms. The summed E-state index contributed by atoms with van der Waals surface area (Å²) in [6.45, 7) is 3.66. The van der Waals surface area contributed by atoms with E-state index in [0.29, 0.717) is 6.04 Å². The Morgan fingerprint density at radius 2 is 2.10 bits per heavy atom. The first-order valence-electron chi connectivity index (χ1n) is 7.49. The summed E-state index contributed by atoms with van der Waals surface area (Å²) in [6, 6.07) is 8.57. The van der Waals surface area contributed by atoms with Crippen LogP contribution in [0.15, 0.2) is 42.9 Å². The minimum Gasteiger partial charge on any atom is -0.372 e. The lowest BCUT2D eigenvalue weighted by Gasteiger charge is -2.32. The fourth-order valence-corrected chi connectivity index (χ4v) is 2.71. The van der Waals surface area contributed by atoms with Gasteiger partial charge in [0.2, 0.25) is 0 Å². The van der Waals surface area contributed by atoms with Crippen molar-refractivity contribution in [3.05, 3.63) is 59.7 Å². The molecular formula is C17H21N3O. The molecule has 21 heavy (non-hydrogen) atoms. The number of pyridine rings is 2. The summed E-state index contributed by atoms with van der Waals surface area (Å²) in [4.78, 5) is 8.53. The lowest BCUT2D eigenvalue weighted by Crippen LogP contribution is -2.39. The molecule has 0 amide bonds. The summed E-state index contributed by atoms with van der Waals surface area (Å²) in [5, 5.41) is 3.60. The molecule has 0 radical (unpaired) electrons. The first kappa shape index (κ1) is 14.2. The molecule has 2 atom stereocenters. The number of ether oxygens (including phenoxy) is 1. The van der Waals surface area contributed by atoms with Gasteiger partial charge in [0.25, 0.3) is 0 Å². The Kier molecular flexibility index (Phi) is 4.58. The second kappa shape index (κ2) is 6.78. The molecule has 2 aromatic heterocycles. The molecule has 2 aromatic rings. The predicted octanol–water partition coefficient (Wildman–Crippen LogP) is 2.79. The van der Waals surface area contributed by atoms with E-state index in [2.05, 4.69) is 34.3 Å². The highest BCUT2D eigenvalue weighted by molar-refractivity contribution is 5.17. The molecule has 0 aromatic carbocycles. The Bertz CT molecular complexity index is 556. The van der Waals surface area contributed by atoms with E-state index in [4.69, 9.17) is 4.74 Å². The zero-order valence-electron chi connectivity index (χ0n) is 12.3. The minimum absolute atomic E-state index is 0.104. The molecule has 1 N–H and O–H groups in total. The molecule has 0 bridgehead atoms. The molecule has 1 saturated heterocycles. The lowest BCUT2D eigenvalue weighted by molar-refractivity contribution is -0.0113. The van der Waals surface area contributed by atoms with Crippen LogP contribution in [0.4, 0.5) is 0 Å². The molecule has 1 aliphatic heterocycles. The number of nitrogens with one attached hydrogen (secondary N) is 1. The van der Waals surface area contributed by atoms with Gasteiger partial charge >= 0.3 is 0 Å². The molecule has 3 rings (SSSR count). The summed E-state index contributed by atoms with van der Waals surface area (Å²) in [7, 11) is 0. The quantitative estimate of drug-likeness (QED) is 0.937. The van der Waals surface area contributed by atoms with Gasteiger partial charge in [0.05, 0.1) is 11.8 Å². The number of aryl methyl sites for hydroxylation is 1. The third-order valence-electron chi connectivity index (χ3n) is 3.87. The number of nitrogens with zero attached hydrogens (tertiary/aromatic N) is 2. The normalized spacial score (nSPS) is 22.1. The molecule has 0 unspecified atom stereocenters. The van der Waals surface area contributed by atoms with Crippen LogP contribution in [0.1, 0.15) is 35.8 Å². The molecular weight excluding hydrogens is 262 g/mol. The number of aromatic nitrogens is 2. The Hall–Kier alpha value is -1.78. The fraction of sp³-hybridized carbons (Fsp3) is 0.412. The summed E-state index contributed by atoms with van der Waals surface area (Å²) >= 11 is 0. The smallest absolute Gasteiger partial charge is 0.0978 e. The van der Waals surface area contributed by atoms with Crippen LogP contribution in [0.5, 0.6) is 0 Å². The predicted molar refractivity (Wildman–Crippen MR) is 81.8 cm³/mol. The number of hydrogen-bond donors (Lipinski definition) is 1. The van der Waals surface area contributed by atoms with Gasteiger partial charge in [-0.05, 0) is 49.1 Å². The topological polar surface area (TPSA) is 47.0 Å². The van der Waals surface area contributed by atoms with E-state index in [1.54, 1.807) is 0 Å². The highest BCUT2D eigenvalue weighted by Gasteiger charge is 2.26. The van der Waals surface area contributed by atoms with Gasteiger partial charge in [0.1, 0.15) is 0 Å². The first-order valence-corrected chi connectivity index (χ1v) is 7.49. The van der Waals surface area contributed by atoms with E-state index < -0.39 is 0 Å². The maximum Gasteiger partial charge on any atom is 0.0978 e. The maximum absolute atomic E-state index is 5.97. The fourth-order valence-electron chi connectivity index (χ4n) is 2.71. The van der Waals surface area contributed by atoms with Crippen molar-refractivity contribution >= 4 is 0 Å². The van der Waals surface area contributed by atoms with Crippen molar-refractivity contribution in [2.75, 3.05) is 6.61 Å². The Labute approximate surface area is 125 Å². The molecule has 3 heterocycles. The summed E-state index contributed by atoms with van der Waals surface area (Å²) in [6.07, 6.45) is 7.89. The van der Waals surface area contributed by atoms with Gasteiger partial charge < -0.3 is 10.1 Å². The number of rotatable bonds is 4. The minimum atomic E-state index is 0.104. The Morgan fingerprint density at radius 3 is 2.86 bits per heavy atom. The zero-order valence-corrected chi connectivity index (χ0v) is 12.3. The molecule has 0 spiro atoms. The summed E-state index contributed by atoms with van der Waals surface area (Å²) < 4.78 is 5.97. The van der Waals surface area contributed by atoms with Crippen LogP contribution in [-0.4, -0.2) is 22.6 Å². The molecule has 0 saturated carbocycles. The van der Waals surface area contributed by atoms with E-state index in [9.17, 15) is 0 Å². The van der Waals surface area contributed by atoms with Crippen molar-refractivity contribution in [3.63, 3.8) is 0 Å². The van der Waals surface area contributed by atoms with Crippen molar-refractivity contribution in [1.82, 2.24) is 15.3 Å². The highest BCUT2D eigenvalue weighted by atomic mass is 16.5. The second-order valence-electron chi connectivity index (χ2n) is 5.53. The van der Waals surface area contributed by atoms with Gasteiger partial charge in [0.15, 0.2) is 0 Å². The van der Waals surface area contributed by atoms with Gasteiger partial charge in [-0.1, -0.05) is 6.07 Å². The van der Waals surface area contributed by atoms with Crippen molar-refractivity contribution < 1.29 is 4.74 Å². The van der Waals surface area contributed by atoms with Gasteiger partial charge in [0, 0.05) is 37.8 Å². The third kappa shape index (κ3) is 3.65. The third-order valence-corrected chi connectivity index (χ3v) is 3.87. The first-order chi connectivity index (χ1) is 10.3. The van der Waals surface area contributed by atoms with E-state index in [-0.39, 0.29) is 6.10 Å². The van der Waals surface area contributed by atoms with Crippen LogP contribution in [0.25, 0.3) is 0 Å². The molecule has 4 nitrogen and oxygen atoms in total. The summed E-state index contributed by atoms with van der Waals surface area (Å²) in [5.74, 6) is 0. The van der Waals surface area contributed by atoms with Crippen LogP contribution in [0, 0.1) is 6.92 Å². The van der Waals surface area contributed by atoms with Crippen LogP contribution >= 0.6 is 0 Å². The standard InChI is InChI=1S/C17H21N3O/c1-13-4-5-15(19-11-13)12-20-16-3-2-10-21-17(16)14-6-8-18-9-7-14/h4-9,11,16-17,20H,2-3,10,12H2,1H3/t16-,17+/m0/s1. The SMILES string of the molecule is Cc1ccc(CN[C@H]2CCCO[C@@H]2c2ccncc2)nc1. The monoisotopic (exact) mass is 283 g/mol. The van der Waals surface area contributed by atoms with Crippen molar-refractivity contribution in [3.8, 4) is 0 Å². The van der Waals surface area contributed by atoms with Crippen molar-refractivity contribution in [1.29, 1.82) is 0 Å². The van der Waals surface area contributed by atoms with E-state index in [0.717, 1.165) is 31.7 Å². The van der Waals surface area contributed by atoms with Gasteiger partial charge in [-0.2, -0.15) is 0 Å². The largest absolute Gasteiger partial charge is 0.372 e. The van der Waals surface area contributed by atoms with Crippen molar-refractivity contribution in [2.45, 2.75) is 38.5 Å². The van der Waals surface area contributed by atoms with Crippen LogP contribution in [0.2, 0.25) is 0 Å². The van der Waals surface area contributed by atoms with Crippen LogP contribution in [0.3, 0.4) is 0 Å². The van der Waals surface area contributed by atoms with E-state index in [1.165, 1.54) is 11.1 Å². The Balaban J connectivity index is 1.66. The van der Waals surface area contributed by atoms with E-state index >= 15 is 0 Å². The second-order valence-corrected chi connectivity index (χ2v) is 5.53. The van der Waals surface area contributed by atoms with Gasteiger partial charge in [-0.25, -0.2) is 0 Å². The van der Waals surface area contributed by atoms with E-state index in [1.807, 2.05) is 30.7 Å². The number of hydrogen-bond acceptors (Lipinski definition) is 4. The molecule has 1 fully saturated rings. The maximum atomic E-state index is 5.97. The van der Waals surface area contributed by atoms with Gasteiger partial charge in [-0.3, -0.25) is 9.97 Å². The van der Waals surface area contributed by atoms with Crippen LogP contribution in [-0.2, 0) is 11.3 Å². The van der Waals surface area contributed by atoms with Crippen molar-refractivity contribution in [2.24, 2.45) is 0 Å². The molecule has 110 valence electrons. The Morgan fingerprint density at radius 1 is 1.24 bits per heavy atom. The van der Waals surface area contributed by atoms with Crippen LogP contribution < -0.4 is 5.32 Å². The molecule has 1 aliphatic rings. The average Bonchev–Trinajstić information content (AvgIpc) is 2.55. The molecule has 0 aliphatic carbocycles. The highest BCUT2D eigenvalue weighted by Crippen LogP contribution is 2.28. The summed E-state index contributed by atoms with van der Waals surface area (Å²) in [5.41, 5.74) is 3.45. The van der Waals surface area contributed by atoms with Gasteiger partial charge in [-0.15, -0.1) is 0 Å². The lowest BCUT2D eigenvalue weighted by atomic mass is 9.96.